The second-order valence-electron chi connectivity index (χ2n) is 6.97. The van der Waals surface area contributed by atoms with Crippen molar-refractivity contribution in [3.05, 3.63) is 89.6 Å². The first-order valence-electron chi connectivity index (χ1n) is 9.87. The summed E-state index contributed by atoms with van der Waals surface area (Å²) in [4.78, 5) is 21.6. The van der Waals surface area contributed by atoms with Gasteiger partial charge in [-0.2, -0.15) is 0 Å². The van der Waals surface area contributed by atoms with Gasteiger partial charge in [-0.3, -0.25) is 9.78 Å². The van der Waals surface area contributed by atoms with Gasteiger partial charge in [0.25, 0.3) is 5.91 Å². The largest absolute Gasteiger partial charge is 0.356 e. The number of carbonyl (C=O) groups excluding carboxylic acids is 1. The van der Waals surface area contributed by atoms with Crippen LogP contribution in [0.25, 0.3) is 32.9 Å². The van der Waals surface area contributed by atoms with E-state index in [4.69, 9.17) is 9.51 Å². The maximum atomic E-state index is 12.6. The van der Waals surface area contributed by atoms with Crippen LogP contribution < -0.4 is 5.32 Å². The molecule has 1 amide bonds. The fourth-order valence-corrected chi connectivity index (χ4v) is 4.12. The Morgan fingerprint density at radius 1 is 1.03 bits per heavy atom. The smallest absolute Gasteiger partial charge is 0.251 e. The van der Waals surface area contributed by atoms with Crippen LogP contribution in [0, 0.1) is 0 Å². The second-order valence-corrected chi connectivity index (χ2v) is 7.83. The molecule has 152 valence electrons. The molecule has 0 aliphatic heterocycles. The summed E-state index contributed by atoms with van der Waals surface area (Å²) in [6.45, 7) is 0.511. The predicted octanol–water partition coefficient (Wildman–Crippen LogP) is 4.99. The zero-order valence-electron chi connectivity index (χ0n) is 16.5. The number of amides is 1. The SMILES string of the molecule is O=C(NCCc1ccccn1)c1ccc2onc(-c3csc(-c4ccccc4)n3)c2c1. The van der Waals surface area contributed by atoms with Gasteiger partial charge < -0.3 is 9.84 Å². The molecule has 5 aromatic rings. The average Bonchev–Trinajstić information content (AvgIpc) is 3.47. The molecule has 0 saturated heterocycles. The Labute approximate surface area is 182 Å². The minimum Gasteiger partial charge on any atom is -0.356 e. The minimum absolute atomic E-state index is 0.145. The molecule has 6 nitrogen and oxygen atoms in total. The maximum Gasteiger partial charge on any atom is 0.251 e. The molecule has 0 radical (unpaired) electrons. The number of benzene rings is 2. The zero-order valence-corrected chi connectivity index (χ0v) is 17.3. The summed E-state index contributed by atoms with van der Waals surface area (Å²) in [5.41, 5.74) is 4.54. The Hall–Kier alpha value is -3.84. The first-order valence-corrected chi connectivity index (χ1v) is 10.7. The van der Waals surface area contributed by atoms with Crippen LogP contribution in [-0.4, -0.2) is 27.6 Å². The molecule has 5 rings (SSSR count). The first kappa shape index (κ1) is 19.1. The number of nitrogens with one attached hydrogen (secondary N) is 1. The van der Waals surface area contributed by atoms with E-state index >= 15 is 0 Å². The van der Waals surface area contributed by atoms with E-state index in [0.717, 1.165) is 27.3 Å². The minimum atomic E-state index is -0.145. The lowest BCUT2D eigenvalue weighted by atomic mass is 10.1. The Bertz CT molecular complexity index is 1330. The average molecular weight is 427 g/mol. The van der Waals surface area contributed by atoms with Crippen LogP contribution in [0.5, 0.6) is 0 Å². The molecule has 0 fully saturated rings. The van der Waals surface area contributed by atoms with Crippen molar-refractivity contribution in [1.29, 1.82) is 0 Å². The van der Waals surface area contributed by atoms with Crippen molar-refractivity contribution in [3.8, 4) is 22.0 Å². The van der Waals surface area contributed by atoms with Crippen molar-refractivity contribution in [1.82, 2.24) is 20.4 Å². The summed E-state index contributed by atoms with van der Waals surface area (Å²) in [5.74, 6) is -0.145. The van der Waals surface area contributed by atoms with Crippen molar-refractivity contribution in [3.63, 3.8) is 0 Å². The molecule has 2 aromatic carbocycles. The van der Waals surface area contributed by atoms with Crippen LogP contribution in [0.15, 0.2) is 82.8 Å². The van der Waals surface area contributed by atoms with Gasteiger partial charge in [0.15, 0.2) is 5.58 Å². The summed E-state index contributed by atoms with van der Waals surface area (Å²) in [5, 5.41) is 10.8. The standard InChI is InChI=1S/C24H18N4O2S/c29-23(26-13-11-18-8-4-5-12-25-18)17-9-10-21-19(14-17)22(28-30-21)20-15-31-24(27-20)16-6-2-1-3-7-16/h1-10,12,14-15H,11,13H2,(H,26,29). The van der Waals surface area contributed by atoms with E-state index in [2.05, 4.69) is 15.5 Å². The van der Waals surface area contributed by atoms with Gasteiger partial charge in [-0.15, -0.1) is 11.3 Å². The topological polar surface area (TPSA) is 80.9 Å². The summed E-state index contributed by atoms with van der Waals surface area (Å²) in [7, 11) is 0. The molecular weight excluding hydrogens is 408 g/mol. The van der Waals surface area contributed by atoms with Crippen molar-refractivity contribution in [2.75, 3.05) is 6.54 Å². The summed E-state index contributed by atoms with van der Waals surface area (Å²) in [6, 6.07) is 21.1. The first-order chi connectivity index (χ1) is 15.3. The number of pyridine rings is 1. The van der Waals surface area contributed by atoms with Crippen LogP contribution in [0.3, 0.4) is 0 Å². The number of nitrogens with zero attached hydrogens (tertiary/aromatic N) is 3. The van der Waals surface area contributed by atoms with Gasteiger partial charge >= 0.3 is 0 Å². The Morgan fingerprint density at radius 2 is 1.90 bits per heavy atom. The summed E-state index contributed by atoms with van der Waals surface area (Å²) < 4.78 is 5.47. The molecule has 0 aliphatic rings. The van der Waals surface area contributed by atoms with E-state index in [0.29, 0.717) is 29.8 Å². The van der Waals surface area contributed by atoms with E-state index in [1.807, 2.05) is 53.9 Å². The maximum absolute atomic E-state index is 12.6. The van der Waals surface area contributed by atoms with Crippen molar-refractivity contribution < 1.29 is 9.32 Å². The molecule has 3 heterocycles. The lowest BCUT2D eigenvalue weighted by molar-refractivity contribution is 0.0954. The number of fused-ring (bicyclic) bond motifs is 1. The van der Waals surface area contributed by atoms with E-state index in [9.17, 15) is 4.79 Å². The van der Waals surface area contributed by atoms with Gasteiger partial charge in [0.2, 0.25) is 0 Å². The third kappa shape index (κ3) is 4.08. The number of thiazole rings is 1. The van der Waals surface area contributed by atoms with Crippen LogP contribution >= 0.6 is 11.3 Å². The van der Waals surface area contributed by atoms with Crippen molar-refractivity contribution >= 4 is 28.2 Å². The second kappa shape index (κ2) is 8.49. The predicted molar refractivity (Wildman–Crippen MR) is 121 cm³/mol. The molecule has 1 N–H and O–H groups in total. The fraction of sp³-hybridized carbons (Fsp3) is 0.0833. The number of hydrogen-bond donors (Lipinski definition) is 1. The van der Waals surface area contributed by atoms with Gasteiger partial charge in [0.1, 0.15) is 16.4 Å². The summed E-state index contributed by atoms with van der Waals surface area (Å²) in [6.07, 6.45) is 2.43. The molecule has 0 atom stereocenters. The van der Waals surface area contributed by atoms with Gasteiger partial charge in [-0.1, -0.05) is 41.6 Å². The van der Waals surface area contributed by atoms with Crippen molar-refractivity contribution in [2.24, 2.45) is 0 Å². The number of rotatable bonds is 6. The molecule has 0 aliphatic carbocycles. The Balaban J connectivity index is 1.36. The normalized spacial score (nSPS) is 11.0. The molecule has 31 heavy (non-hydrogen) atoms. The highest BCUT2D eigenvalue weighted by Crippen LogP contribution is 2.32. The quantitative estimate of drug-likeness (QED) is 0.414. The highest BCUT2D eigenvalue weighted by Gasteiger charge is 2.16. The Kier molecular flexibility index (Phi) is 5.24. The van der Waals surface area contributed by atoms with E-state index in [1.165, 1.54) is 0 Å². The van der Waals surface area contributed by atoms with Crippen molar-refractivity contribution in [2.45, 2.75) is 6.42 Å². The molecule has 0 bridgehead atoms. The molecule has 7 heteroatoms. The number of hydrogen-bond acceptors (Lipinski definition) is 6. The third-order valence-corrected chi connectivity index (χ3v) is 5.78. The molecular formula is C24H18N4O2S. The van der Waals surface area contributed by atoms with Gasteiger partial charge in [0.05, 0.1) is 5.39 Å². The van der Waals surface area contributed by atoms with E-state index in [-0.39, 0.29) is 5.91 Å². The zero-order chi connectivity index (χ0) is 21.0. The third-order valence-electron chi connectivity index (χ3n) is 4.89. The van der Waals surface area contributed by atoms with Gasteiger partial charge in [0, 0.05) is 41.4 Å². The molecule has 0 spiro atoms. The highest BCUT2D eigenvalue weighted by atomic mass is 32.1. The fourth-order valence-electron chi connectivity index (χ4n) is 3.31. The van der Waals surface area contributed by atoms with Crippen LogP contribution in [0.2, 0.25) is 0 Å². The molecule has 0 saturated carbocycles. The highest BCUT2D eigenvalue weighted by molar-refractivity contribution is 7.13. The molecule has 3 aromatic heterocycles. The lowest BCUT2D eigenvalue weighted by Crippen LogP contribution is -2.25. The monoisotopic (exact) mass is 426 g/mol. The lowest BCUT2D eigenvalue weighted by Gasteiger charge is -2.05. The number of carbonyl (C=O) groups is 1. The van der Waals surface area contributed by atoms with Crippen LogP contribution in [0.4, 0.5) is 0 Å². The van der Waals surface area contributed by atoms with Gasteiger partial charge in [-0.05, 0) is 30.3 Å². The van der Waals surface area contributed by atoms with Gasteiger partial charge in [-0.25, -0.2) is 4.98 Å². The molecule has 0 unspecified atom stereocenters. The van der Waals surface area contributed by atoms with Crippen LogP contribution in [-0.2, 0) is 6.42 Å². The van der Waals surface area contributed by atoms with E-state index < -0.39 is 0 Å². The van der Waals surface area contributed by atoms with Crippen LogP contribution in [0.1, 0.15) is 16.1 Å². The Morgan fingerprint density at radius 3 is 2.74 bits per heavy atom. The van der Waals surface area contributed by atoms with E-state index in [1.54, 1.807) is 35.7 Å². The number of aromatic nitrogens is 3. The summed E-state index contributed by atoms with van der Waals surface area (Å²) >= 11 is 1.55.